The molecule has 6 nitrogen and oxygen atoms in total. The molecule has 1 aliphatic rings. The summed E-state index contributed by atoms with van der Waals surface area (Å²) in [4.78, 5) is 21.2. The van der Waals surface area contributed by atoms with Crippen molar-refractivity contribution in [3.63, 3.8) is 0 Å². The van der Waals surface area contributed by atoms with E-state index in [-0.39, 0.29) is 11.8 Å². The highest BCUT2D eigenvalue weighted by atomic mass is 16.4. The maximum Gasteiger partial charge on any atom is 0.306 e. The summed E-state index contributed by atoms with van der Waals surface area (Å²) < 4.78 is 2.02. The molecule has 3 aromatic heterocycles. The molecular formula is C27H22N4O2. The van der Waals surface area contributed by atoms with Crippen LogP contribution in [0.2, 0.25) is 0 Å². The molecule has 0 aliphatic heterocycles. The van der Waals surface area contributed by atoms with Crippen LogP contribution in [0.25, 0.3) is 38.9 Å². The normalized spacial score (nSPS) is 17.8. The van der Waals surface area contributed by atoms with Crippen molar-refractivity contribution >= 4 is 28.1 Å². The van der Waals surface area contributed by atoms with E-state index in [0.717, 1.165) is 44.8 Å². The third-order valence-corrected chi connectivity index (χ3v) is 6.61. The van der Waals surface area contributed by atoms with Crippen molar-refractivity contribution < 1.29 is 9.90 Å². The summed E-state index contributed by atoms with van der Waals surface area (Å²) in [6.45, 7) is 0. The van der Waals surface area contributed by atoms with Crippen LogP contribution in [-0.4, -0.2) is 25.4 Å². The van der Waals surface area contributed by atoms with Gasteiger partial charge in [-0.05, 0) is 37.1 Å². The van der Waals surface area contributed by atoms with E-state index in [1.807, 2.05) is 53.1 Å². The van der Waals surface area contributed by atoms with Gasteiger partial charge in [0.15, 0.2) is 0 Å². The Balaban J connectivity index is 1.47. The van der Waals surface area contributed by atoms with E-state index in [1.165, 1.54) is 0 Å². The molecule has 0 spiro atoms. The number of hydrogen-bond donors (Lipinski definition) is 2. The molecule has 0 amide bonds. The molecule has 3 N–H and O–H groups in total. The van der Waals surface area contributed by atoms with Gasteiger partial charge in [-0.15, -0.1) is 0 Å². The van der Waals surface area contributed by atoms with E-state index >= 15 is 0 Å². The SMILES string of the molecule is Nc1cccn2c(C3CC(C(=O)O)C3)nc(-c3ccc4ccc(-c5ccccc5)nc4c3)c12. The second-order valence-electron chi connectivity index (χ2n) is 8.67. The Kier molecular flexibility index (Phi) is 4.40. The minimum atomic E-state index is -0.735. The van der Waals surface area contributed by atoms with Crippen molar-refractivity contribution in [1.29, 1.82) is 0 Å². The first-order chi connectivity index (χ1) is 16.1. The first kappa shape index (κ1) is 19.5. The molecule has 0 radical (unpaired) electrons. The number of hydrogen-bond acceptors (Lipinski definition) is 4. The zero-order chi connectivity index (χ0) is 22.5. The largest absolute Gasteiger partial charge is 0.481 e. The molecule has 5 aromatic rings. The zero-order valence-corrected chi connectivity index (χ0v) is 17.8. The number of imidazole rings is 1. The lowest BCUT2D eigenvalue weighted by Gasteiger charge is -2.31. The van der Waals surface area contributed by atoms with Crippen LogP contribution in [0.1, 0.15) is 24.6 Å². The molecule has 0 saturated heterocycles. The van der Waals surface area contributed by atoms with Gasteiger partial charge in [-0.25, -0.2) is 9.97 Å². The number of pyridine rings is 2. The Morgan fingerprint density at radius 3 is 2.52 bits per heavy atom. The van der Waals surface area contributed by atoms with E-state index in [0.29, 0.717) is 18.5 Å². The van der Waals surface area contributed by atoms with Crippen molar-refractivity contribution in [3.8, 4) is 22.5 Å². The first-order valence-corrected chi connectivity index (χ1v) is 11.0. The van der Waals surface area contributed by atoms with E-state index in [1.54, 1.807) is 0 Å². The van der Waals surface area contributed by atoms with Crippen molar-refractivity contribution in [1.82, 2.24) is 14.4 Å². The second-order valence-corrected chi connectivity index (χ2v) is 8.67. The number of carboxylic acids is 1. The summed E-state index contributed by atoms with van der Waals surface area (Å²) >= 11 is 0. The number of aromatic nitrogens is 3. The maximum atomic E-state index is 11.3. The molecular weight excluding hydrogens is 412 g/mol. The minimum absolute atomic E-state index is 0.109. The number of carbonyl (C=O) groups is 1. The van der Waals surface area contributed by atoms with Crippen molar-refractivity contribution in [2.24, 2.45) is 5.92 Å². The molecule has 1 fully saturated rings. The zero-order valence-electron chi connectivity index (χ0n) is 17.8. The smallest absolute Gasteiger partial charge is 0.306 e. The van der Waals surface area contributed by atoms with Crippen molar-refractivity contribution in [3.05, 3.63) is 84.8 Å². The van der Waals surface area contributed by atoms with Crippen LogP contribution in [-0.2, 0) is 4.79 Å². The number of nitrogens with zero attached hydrogens (tertiary/aromatic N) is 3. The standard InChI is InChI=1S/C27H22N4O2/c28-21-7-4-12-31-25(21)24(30-26(31)19-13-20(14-19)27(32)33)18-9-8-17-10-11-22(29-23(17)15-18)16-5-2-1-3-6-16/h1-12,15,19-20H,13-14,28H2,(H,32,33). The highest BCUT2D eigenvalue weighted by Gasteiger charge is 2.38. The monoisotopic (exact) mass is 434 g/mol. The van der Waals surface area contributed by atoms with Crippen molar-refractivity contribution in [2.75, 3.05) is 5.73 Å². The fraction of sp³-hybridized carbons (Fsp3) is 0.148. The molecule has 162 valence electrons. The summed E-state index contributed by atoms with van der Waals surface area (Å²) in [5.74, 6) is -0.0527. The van der Waals surface area contributed by atoms with Gasteiger partial charge in [-0.2, -0.15) is 0 Å². The van der Waals surface area contributed by atoms with Gasteiger partial charge in [0.1, 0.15) is 5.82 Å². The third-order valence-electron chi connectivity index (χ3n) is 6.61. The van der Waals surface area contributed by atoms with Gasteiger partial charge in [0.25, 0.3) is 0 Å². The van der Waals surface area contributed by atoms with Crippen LogP contribution >= 0.6 is 0 Å². The summed E-state index contributed by atoms with van der Waals surface area (Å²) in [6, 6.07) is 24.2. The molecule has 1 aliphatic carbocycles. The number of anilines is 1. The van der Waals surface area contributed by atoms with Gasteiger partial charge >= 0.3 is 5.97 Å². The number of rotatable bonds is 4. The predicted octanol–water partition coefficient (Wildman–Crippen LogP) is 5.38. The van der Waals surface area contributed by atoms with Gasteiger partial charge < -0.3 is 15.2 Å². The van der Waals surface area contributed by atoms with E-state index in [9.17, 15) is 9.90 Å². The summed E-state index contributed by atoms with van der Waals surface area (Å²) in [5, 5.41) is 10.3. The Hall–Kier alpha value is -4.19. The molecule has 1 saturated carbocycles. The highest BCUT2D eigenvalue weighted by molar-refractivity contribution is 5.92. The minimum Gasteiger partial charge on any atom is -0.481 e. The highest BCUT2D eigenvalue weighted by Crippen LogP contribution is 2.43. The summed E-state index contributed by atoms with van der Waals surface area (Å²) in [7, 11) is 0. The van der Waals surface area contributed by atoms with Crippen LogP contribution in [0, 0.1) is 5.92 Å². The Bertz CT molecular complexity index is 1520. The molecule has 0 unspecified atom stereocenters. The summed E-state index contributed by atoms with van der Waals surface area (Å²) in [6.07, 6.45) is 3.16. The van der Waals surface area contributed by atoms with E-state index in [4.69, 9.17) is 15.7 Å². The molecule has 6 heteroatoms. The average Bonchev–Trinajstić information content (AvgIpc) is 3.18. The number of carboxylic acid groups (broad SMARTS) is 1. The van der Waals surface area contributed by atoms with Gasteiger partial charge in [-0.1, -0.05) is 48.5 Å². The fourth-order valence-corrected chi connectivity index (χ4v) is 4.74. The van der Waals surface area contributed by atoms with Gasteiger partial charge in [-0.3, -0.25) is 4.79 Å². The van der Waals surface area contributed by atoms with Gasteiger partial charge in [0.05, 0.1) is 34.0 Å². The van der Waals surface area contributed by atoms with E-state index in [2.05, 4.69) is 30.3 Å². The van der Waals surface area contributed by atoms with Crippen molar-refractivity contribution in [2.45, 2.75) is 18.8 Å². The van der Waals surface area contributed by atoms with Crippen LogP contribution in [0.5, 0.6) is 0 Å². The van der Waals surface area contributed by atoms with Crippen LogP contribution in [0.15, 0.2) is 79.0 Å². The van der Waals surface area contributed by atoms with Crippen LogP contribution in [0.4, 0.5) is 5.69 Å². The number of fused-ring (bicyclic) bond motifs is 2. The quantitative estimate of drug-likeness (QED) is 0.396. The second kappa shape index (κ2) is 7.45. The molecule has 33 heavy (non-hydrogen) atoms. The number of nitrogens with two attached hydrogens (primary N) is 1. The molecule has 0 bridgehead atoms. The Labute approximate surface area is 190 Å². The predicted molar refractivity (Wildman–Crippen MR) is 129 cm³/mol. The number of nitrogen functional groups attached to an aromatic ring is 1. The van der Waals surface area contributed by atoms with Gasteiger partial charge in [0.2, 0.25) is 0 Å². The summed E-state index contributed by atoms with van der Waals surface area (Å²) in [5.41, 5.74) is 12.5. The van der Waals surface area contributed by atoms with Gasteiger partial charge in [0, 0.05) is 28.6 Å². The molecule has 3 heterocycles. The average molecular weight is 434 g/mol. The fourth-order valence-electron chi connectivity index (χ4n) is 4.74. The molecule has 6 rings (SSSR count). The Morgan fingerprint density at radius 1 is 0.939 bits per heavy atom. The van der Waals surface area contributed by atoms with Crippen LogP contribution in [0.3, 0.4) is 0 Å². The number of benzene rings is 2. The maximum absolute atomic E-state index is 11.3. The number of aliphatic carboxylic acids is 1. The molecule has 0 atom stereocenters. The Morgan fingerprint density at radius 2 is 1.73 bits per heavy atom. The van der Waals surface area contributed by atoms with Crippen LogP contribution < -0.4 is 5.73 Å². The first-order valence-electron chi connectivity index (χ1n) is 11.0. The topological polar surface area (TPSA) is 93.5 Å². The lowest BCUT2D eigenvalue weighted by atomic mass is 9.74. The lowest BCUT2D eigenvalue weighted by Crippen LogP contribution is -2.29. The third kappa shape index (κ3) is 3.22. The lowest BCUT2D eigenvalue weighted by molar-refractivity contribution is -0.145. The molecule has 2 aromatic carbocycles. The van der Waals surface area contributed by atoms with E-state index < -0.39 is 5.97 Å².